The van der Waals surface area contributed by atoms with E-state index in [1.54, 1.807) is 0 Å². The lowest BCUT2D eigenvalue weighted by Crippen LogP contribution is -2.54. The van der Waals surface area contributed by atoms with Crippen LogP contribution in [0.5, 0.6) is 0 Å². The van der Waals surface area contributed by atoms with Crippen molar-refractivity contribution in [2.45, 2.75) is 45.6 Å². The molecule has 0 radical (unpaired) electrons. The molecule has 1 saturated heterocycles. The molecule has 1 aliphatic heterocycles. The van der Waals surface area contributed by atoms with Crippen molar-refractivity contribution in [3.63, 3.8) is 0 Å². The molecule has 2 unspecified atom stereocenters. The molecule has 2 fully saturated rings. The number of rotatable bonds is 4. The van der Waals surface area contributed by atoms with Crippen LogP contribution in [0.4, 0.5) is 0 Å². The van der Waals surface area contributed by atoms with Crippen LogP contribution in [0, 0.1) is 11.8 Å². The average Bonchev–Trinajstić information content (AvgIpc) is 2.39. The van der Waals surface area contributed by atoms with Crippen LogP contribution in [0.2, 0.25) is 0 Å². The van der Waals surface area contributed by atoms with Crippen molar-refractivity contribution in [3.8, 4) is 0 Å². The molecule has 0 bridgehead atoms. The maximum Gasteiger partial charge on any atom is 0.308 e. The second-order valence-electron chi connectivity index (χ2n) is 6.53. The third-order valence-electron chi connectivity index (χ3n) is 4.55. The van der Waals surface area contributed by atoms with Crippen LogP contribution < -0.4 is 0 Å². The summed E-state index contributed by atoms with van der Waals surface area (Å²) in [7, 11) is 0. The van der Waals surface area contributed by atoms with E-state index in [2.05, 4.69) is 23.6 Å². The normalized spacial score (nSPS) is 30.7. The predicted octanol–water partition coefficient (Wildman–Crippen LogP) is 1.90. The SMILES string of the molecule is CC(C)CN1CCN(C2CCCCC2C(=O)O)CC1. The van der Waals surface area contributed by atoms with Gasteiger partial charge in [-0.2, -0.15) is 0 Å². The summed E-state index contributed by atoms with van der Waals surface area (Å²) in [6, 6.07) is 0.285. The van der Waals surface area contributed by atoms with Crippen LogP contribution in [0.3, 0.4) is 0 Å². The van der Waals surface area contributed by atoms with Gasteiger partial charge in [-0.05, 0) is 18.8 Å². The third-order valence-corrected chi connectivity index (χ3v) is 4.55. The Morgan fingerprint density at radius 2 is 1.79 bits per heavy atom. The number of piperazine rings is 1. The molecule has 0 aromatic rings. The van der Waals surface area contributed by atoms with Gasteiger partial charge in [-0.3, -0.25) is 9.69 Å². The van der Waals surface area contributed by atoms with Gasteiger partial charge < -0.3 is 10.0 Å². The van der Waals surface area contributed by atoms with Gasteiger partial charge in [-0.15, -0.1) is 0 Å². The first kappa shape index (κ1) is 14.8. The van der Waals surface area contributed by atoms with E-state index < -0.39 is 5.97 Å². The number of hydrogen-bond donors (Lipinski definition) is 1. The third kappa shape index (κ3) is 3.93. The Hall–Kier alpha value is -0.610. The molecular formula is C15H28N2O2. The van der Waals surface area contributed by atoms with Crippen molar-refractivity contribution >= 4 is 5.97 Å². The molecule has 2 rings (SSSR count). The van der Waals surface area contributed by atoms with Crippen LogP contribution in [-0.2, 0) is 4.79 Å². The van der Waals surface area contributed by atoms with Crippen LogP contribution in [0.1, 0.15) is 39.5 Å². The minimum atomic E-state index is -0.589. The molecule has 0 aromatic heterocycles. The Kier molecular flexibility index (Phi) is 5.22. The lowest BCUT2D eigenvalue weighted by atomic mass is 9.83. The van der Waals surface area contributed by atoms with E-state index in [0.29, 0.717) is 5.92 Å². The van der Waals surface area contributed by atoms with Gasteiger partial charge in [0.25, 0.3) is 0 Å². The molecule has 0 amide bonds. The molecule has 1 aliphatic carbocycles. The van der Waals surface area contributed by atoms with Gasteiger partial charge in [0.05, 0.1) is 5.92 Å². The van der Waals surface area contributed by atoms with Crippen LogP contribution in [0.25, 0.3) is 0 Å². The predicted molar refractivity (Wildman–Crippen MR) is 76.2 cm³/mol. The van der Waals surface area contributed by atoms with Gasteiger partial charge >= 0.3 is 5.97 Å². The minimum Gasteiger partial charge on any atom is -0.481 e. The molecule has 4 nitrogen and oxygen atoms in total. The van der Waals surface area contributed by atoms with Gasteiger partial charge in [0.1, 0.15) is 0 Å². The van der Waals surface area contributed by atoms with E-state index in [9.17, 15) is 9.90 Å². The quantitative estimate of drug-likeness (QED) is 0.846. The first-order chi connectivity index (χ1) is 9.08. The van der Waals surface area contributed by atoms with Gasteiger partial charge in [0.2, 0.25) is 0 Å². The maximum absolute atomic E-state index is 11.4. The fourth-order valence-electron chi connectivity index (χ4n) is 3.63. The fourth-order valence-corrected chi connectivity index (χ4v) is 3.63. The summed E-state index contributed by atoms with van der Waals surface area (Å²) in [6.45, 7) is 9.97. The van der Waals surface area contributed by atoms with E-state index in [4.69, 9.17) is 0 Å². The summed E-state index contributed by atoms with van der Waals surface area (Å²) in [5, 5.41) is 9.37. The molecule has 1 N–H and O–H groups in total. The molecule has 19 heavy (non-hydrogen) atoms. The molecule has 0 spiro atoms. The summed E-state index contributed by atoms with van der Waals surface area (Å²) in [5.41, 5.74) is 0. The van der Waals surface area contributed by atoms with Crippen LogP contribution in [0.15, 0.2) is 0 Å². The number of carboxylic acids is 1. The Morgan fingerprint density at radius 1 is 1.16 bits per heavy atom. The molecule has 4 heteroatoms. The summed E-state index contributed by atoms with van der Waals surface area (Å²) in [6.07, 6.45) is 4.22. The number of carboxylic acid groups (broad SMARTS) is 1. The first-order valence-corrected chi connectivity index (χ1v) is 7.77. The van der Waals surface area contributed by atoms with Crippen LogP contribution >= 0.6 is 0 Å². The topological polar surface area (TPSA) is 43.8 Å². The monoisotopic (exact) mass is 268 g/mol. The highest BCUT2D eigenvalue weighted by Gasteiger charge is 2.35. The Bertz CT molecular complexity index is 299. The standard InChI is InChI=1S/C15H28N2O2/c1-12(2)11-16-7-9-17(10-8-16)14-6-4-3-5-13(14)15(18)19/h12-14H,3-11H2,1-2H3,(H,18,19). The molecular weight excluding hydrogens is 240 g/mol. The van der Waals surface area contributed by atoms with E-state index in [1.165, 1.54) is 13.0 Å². The fraction of sp³-hybridized carbons (Fsp3) is 0.933. The van der Waals surface area contributed by atoms with Crippen molar-refractivity contribution in [1.29, 1.82) is 0 Å². The number of hydrogen-bond acceptors (Lipinski definition) is 3. The van der Waals surface area contributed by atoms with Gasteiger partial charge in [0, 0.05) is 38.8 Å². The number of carbonyl (C=O) groups is 1. The summed E-state index contributed by atoms with van der Waals surface area (Å²) >= 11 is 0. The highest BCUT2D eigenvalue weighted by atomic mass is 16.4. The van der Waals surface area contributed by atoms with Crippen molar-refractivity contribution in [3.05, 3.63) is 0 Å². The Labute approximate surface area is 116 Å². The molecule has 2 aliphatic rings. The number of aliphatic carboxylic acids is 1. The largest absolute Gasteiger partial charge is 0.481 e. The lowest BCUT2D eigenvalue weighted by molar-refractivity contribution is -0.146. The molecule has 1 saturated carbocycles. The van der Waals surface area contributed by atoms with E-state index in [-0.39, 0.29) is 12.0 Å². The van der Waals surface area contributed by atoms with Gasteiger partial charge in [0.15, 0.2) is 0 Å². The molecule has 0 aromatic carbocycles. The Morgan fingerprint density at radius 3 is 2.37 bits per heavy atom. The smallest absolute Gasteiger partial charge is 0.308 e. The highest BCUT2D eigenvalue weighted by Crippen LogP contribution is 2.29. The van der Waals surface area contributed by atoms with Gasteiger partial charge in [-0.1, -0.05) is 26.7 Å². The van der Waals surface area contributed by atoms with E-state index >= 15 is 0 Å². The summed E-state index contributed by atoms with van der Waals surface area (Å²) < 4.78 is 0. The molecule has 1 heterocycles. The number of nitrogens with zero attached hydrogens (tertiary/aromatic N) is 2. The van der Waals surface area contributed by atoms with Crippen molar-refractivity contribution in [1.82, 2.24) is 9.80 Å². The zero-order valence-corrected chi connectivity index (χ0v) is 12.3. The van der Waals surface area contributed by atoms with Crippen molar-refractivity contribution in [2.75, 3.05) is 32.7 Å². The second-order valence-corrected chi connectivity index (χ2v) is 6.53. The van der Waals surface area contributed by atoms with Crippen molar-refractivity contribution < 1.29 is 9.90 Å². The summed E-state index contributed by atoms with van der Waals surface area (Å²) in [4.78, 5) is 16.3. The first-order valence-electron chi connectivity index (χ1n) is 7.77. The molecule has 110 valence electrons. The highest BCUT2D eigenvalue weighted by molar-refractivity contribution is 5.71. The second kappa shape index (κ2) is 6.71. The van der Waals surface area contributed by atoms with E-state index in [0.717, 1.165) is 45.4 Å². The zero-order valence-electron chi connectivity index (χ0n) is 12.3. The van der Waals surface area contributed by atoms with Crippen LogP contribution in [-0.4, -0.2) is 59.6 Å². The van der Waals surface area contributed by atoms with Gasteiger partial charge in [-0.25, -0.2) is 0 Å². The van der Waals surface area contributed by atoms with Crippen molar-refractivity contribution in [2.24, 2.45) is 11.8 Å². The Balaban J connectivity index is 1.87. The average molecular weight is 268 g/mol. The maximum atomic E-state index is 11.4. The lowest BCUT2D eigenvalue weighted by Gasteiger charge is -2.43. The van der Waals surface area contributed by atoms with E-state index in [1.807, 2.05) is 0 Å². The molecule has 2 atom stereocenters. The zero-order chi connectivity index (χ0) is 13.8. The summed E-state index contributed by atoms with van der Waals surface area (Å²) in [5.74, 6) is -0.00675. The minimum absolute atomic E-state index is 0.134.